The van der Waals surface area contributed by atoms with E-state index in [1.165, 1.54) is 0 Å². The molecule has 0 spiro atoms. The highest BCUT2D eigenvalue weighted by molar-refractivity contribution is 8.11. The molecule has 1 aromatic rings. The van der Waals surface area contributed by atoms with Gasteiger partial charge in [0.2, 0.25) is 5.88 Å². The van der Waals surface area contributed by atoms with E-state index in [2.05, 4.69) is 17.6 Å². The molecule has 1 rings (SSSR count). The molecule has 0 unspecified atom stereocenters. The Balaban J connectivity index is 2.98. The topological polar surface area (TPSA) is 25.4 Å². The largest absolute Gasteiger partial charge is 0.481 e. The van der Waals surface area contributed by atoms with Gasteiger partial charge in [0.15, 0.2) is 0 Å². The SMILES string of the molecule is CCN(C(=S)S)c1cccc(OC)n1. The molecule has 0 aromatic carbocycles. The van der Waals surface area contributed by atoms with E-state index in [9.17, 15) is 0 Å². The Morgan fingerprint density at radius 3 is 2.86 bits per heavy atom. The van der Waals surface area contributed by atoms with Crippen LogP contribution in [0.2, 0.25) is 0 Å². The summed E-state index contributed by atoms with van der Waals surface area (Å²) in [6.07, 6.45) is 0. The van der Waals surface area contributed by atoms with Crippen molar-refractivity contribution in [2.75, 3.05) is 18.6 Å². The van der Waals surface area contributed by atoms with Crippen LogP contribution in [0, 0.1) is 0 Å². The van der Waals surface area contributed by atoms with Crippen LogP contribution in [0.1, 0.15) is 6.92 Å². The van der Waals surface area contributed by atoms with Gasteiger partial charge in [-0.1, -0.05) is 18.3 Å². The number of pyridine rings is 1. The summed E-state index contributed by atoms with van der Waals surface area (Å²) < 4.78 is 5.53. The molecule has 0 aliphatic heterocycles. The van der Waals surface area contributed by atoms with E-state index < -0.39 is 0 Å². The predicted molar refractivity (Wildman–Crippen MR) is 65.4 cm³/mol. The van der Waals surface area contributed by atoms with Crippen molar-refractivity contribution in [3.63, 3.8) is 0 Å². The van der Waals surface area contributed by atoms with E-state index in [0.717, 1.165) is 12.4 Å². The number of methoxy groups -OCH3 is 1. The van der Waals surface area contributed by atoms with Gasteiger partial charge in [-0.05, 0) is 13.0 Å². The molecule has 0 atom stereocenters. The van der Waals surface area contributed by atoms with Crippen molar-refractivity contribution < 1.29 is 4.74 Å². The molecule has 3 nitrogen and oxygen atoms in total. The Kier molecular flexibility index (Phi) is 4.16. The normalized spacial score (nSPS) is 9.64. The quantitative estimate of drug-likeness (QED) is 0.633. The third kappa shape index (κ3) is 2.59. The smallest absolute Gasteiger partial charge is 0.214 e. The van der Waals surface area contributed by atoms with Crippen molar-refractivity contribution in [3.8, 4) is 5.88 Å². The molecule has 0 fully saturated rings. The first-order valence-corrected chi connectivity index (χ1v) is 5.06. The van der Waals surface area contributed by atoms with E-state index >= 15 is 0 Å². The van der Waals surface area contributed by atoms with Crippen LogP contribution in [0.4, 0.5) is 5.82 Å². The fourth-order valence-electron chi connectivity index (χ4n) is 1.06. The first-order valence-electron chi connectivity index (χ1n) is 4.20. The zero-order valence-corrected chi connectivity index (χ0v) is 9.81. The predicted octanol–water partition coefficient (Wildman–Crippen LogP) is 2.13. The number of hydrogen-bond acceptors (Lipinski definition) is 3. The lowest BCUT2D eigenvalue weighted by atomic mass is 10.4. The molecule has 0 N–H and O–H groups in total. The zero-order valence-electron chi connectivity index (χ0n) is 8.10. The maximum absolute atomic E-state index is 5.02. The average molecular weight is 228 g/mol. The molecule has 0 amide bonds. The summed E-state index contributed by atoms with van der Waals surface area (Å²) in [5.74, 6) is 1.33. The second-order valence-electron chi connectivity index (χ2n) is 2.56. The summed E-state index contributed by atoms with van der Waals surface area (Å²) in [6, 6.07) is 5.53. The standard InChI is InChI=1S/C9H12N2OS2/c1-3-11(9(13)14)7-5-4-6-8(10-7)12-2/h4-6H,3H2,1-2H3,(H,13,14). The van der Waals surface area contributed by atoms with Gasteiger partial charge in [0.05, 0.1) is 7.11 Å². The molecular weight excluding hydrogens is 216 g/mol. The van der Waals surface area contributed by atoms with Crippen molar-refractivity contribution in [1.82, 2.24) is 4.98 Å². The molecule has 0 bridgehead atoms. The number of nitrogens with zero attached hydrogens (tertiary/aromatic N) is 2. The van der Waals surface area contributed by atoms with E-state index in [-0.39, 0.29) is 0 Å². The highest BCUT2D eigenvalue weighted by Gasteiger charge is 2.08. The zero-order chi connectivity index (χ0) is 10.6. The van der Waals surface area contributed by atoms with Gasteiger partial charge in [-0.2, -0.15) is 4.98 Å². The lowest BCUT2D eigenvalue weighted by Crippen LogP contribution is -2.25. The molecule has 0 radical (unpaired) electrons. The first kappa shape index (κ1) is 11.3. The number of anilines is 1. The van der Waals surface area contributed by atoms with Crippen LogP contribution in [0.25, 0.3) is 0 Å². The summed E-state index contributed by atoms with van der Waals surface area (Å²) in [5, 5.41) is 0. The van der Waals surface area contributed by atoms with Crippen LogP contribution < -0.4 is 9.64 Å². The van der Waals surface area contributed by atoms with Crippen LogP contribution >= 0.6 is 24.8 Å². The number of thiocarbonyl (C=S) groups is 1. The van der Waals surface area contributed by atoms with Crippen molar-refractivity contribution >= 4 is 35.0 Å². The maximum Gasteiger partial charge on any atom is 0.214 e. The fraction of sp³-hybridized carbons (Fsp3) is 0.333. The summed E-state index contributed by atoms with van der Waals surface area (Å²) >= 11 is 9.11. The molecule has 14 heavy (non-hydrogen) atoms. The van der Waals surface area contributed by atoms with Gasteiger partial charge in [0.25, 0.3) is 0 Å². The number of aromatic nitrogens is 1. The molecule has 5 heteroatoms. The minimum atomic E-state index is 0.508. The summed E-state index contributed by atoms with van der Waals surface area (Å²) in [5.41, 5.74) is 0. The third-order valence-electron chi connectivity index (χ3n) is 1.74. The molecular formula is C9H12N2OS2. The lowest BCUT2D eigenvalue weighted by Gasteiger charge is -2.19. The van der Waals surface area contributed by atoms with E-state index in [0.29, 0.717) is 10.2 Å². The monoisotopic (exact) mass is 228 g/mol. The molecule has 1 aromatic heterocycles. The Bertz CT molecular complexity index is 330. The van der Waals surface area contributed by atoms with Gasteiger partial charge in [0, 0.05) is 12.6 Å². The van der Waals surface area contributed by atoms with E-state index in [1.54, 1.807) is 13.2 Å². The van der Waals surface area contributed by atoms with Gasteiger partial charge in [-0.3, -0.25) is 0 Å². The Morgan fingerprint density at radius 2 is 2.36 bits per heavy atom. The van der Waals surface area contributed by atoms with Gasteiger partial charge >= 0.3 is 0 Å². The fourth-order valence-corrected chi connectivity index (χ4v) is 1.53. The average Bonchev–Trinajstić information content (AvgIpc) is 2.19. The molecule has 0 aliphatic carbocycles. The second-order valence-corrected chi connectivity index (χ2v) is 3.68. The molecule has 0 saturated heterocycles. The minimum absolute atomic E-state index is 0.508. The molecule has 0 saturated carbocycles. The number of rotatable bonds is 3. The summed E-state index contributed by atoms with van der Waals surface area (Å²) in [7, 11) is 1.58. The number of ether oxygens (including phenoxy) is 1. The third-order valence-corrected chi connectivity index (χ3v) is 2.20. The summed E-state index contributed by atoms with van der Waals surface area (Å²) in [6.45, 7) is 2.73. The summed E-state index contributed by atoms with van der Waals surface area (Å²) in [4.78, 5) is 6.07. The van der Waals surface area contributed by atoms with Crippen LogP contribution in [-0.4, -0.2) is 23.0 Å². The highest BCUT2D eigenvalue weighted by atomic mass is 32.1. The number of hydrogen-bond donors (Lipinski definition) is 1. The van der Waals surface area contributed by atoms with Crippen LogP contribution in [0.3, 0.4) is 0 Å². The van der Waals surface area contributed by atoms with Gasteiger partial charge < -0.3 is 9.64 Å². The second kappa shape index (κ2) is 5.17. The van der Waals surface area contributed by atoms with E-state index in [1.807, 2.05) is 24.0 Å². The lowest BCUT2D eigenvalue weighted by molar-refractivity contribution is 0.398. The Hall–Kier alpha value is -0.810. The minimum Gasteiger partial charge on any atom is -0.481 e. The van der Waals surface area contributed by atoms with Crippen LogP contribution in [0.5, 0.6) is 5.88 Å². The van der Waals surface area contributed by atoms with Gasteiger partial charge in [-0.15, -0.1) is 12.6 Å². The van der Waals surface area contributed by atoms with Crippen molar-refractivity contribution in [2.24, 2.45) is 0 Å². The maximum atomic E-state index is 5.02. The van der Waals surface area contributed by atoms with Gasteiger partial charge in [0.1, 0.15) is 10.1 Å². The molecule has 1 heterocycles. The highest BCUT2D eigenvalue weighted by Crippen LogP contribution is 2.16. The van der Waals surface area contributed by atoms with Crippen molar-refractivity contribution in [2.45, 2.75) is 6.92 Å². The van der Waals surface area contributed by atoms with Crippen LogP contribution in [-0.2, 0) is 0 Å². The Labute approximate surface area is 94.5 Å². The number of thiol groups is 1. The Morgan fingerprint density at radius 1 is 1.64 bits per heavy atom. The molecule has 76 valence electrons. The van der Waals surface area contributed by atoms with Crippen LogP contribution in [0.15, 0.2) is 18.2 Å². The van der Waals surface area contributed by atoms with Crippen molar-refractivity contribution in [3.05, 3.63) is 18.2 Å². The van der Waals surface area contributed by atoms with Gasteiger partial charge in [-0.25, -0.2) is 0 Å². The van der Waals surface area contributed by atoms with E-state index in [4.69, 9.17) is 17.0 Å². The molecule has 0 aliphatic rings. The van der Waals surface area contributed by atoms with Crippen molar-refractivity contribution in [1.29, 1.82) is 0 Å². The first-order chi connectivity index (χ1) is 6.69.